The third-order valence-corrected chi connectivity index (χ3v) is 6.80. The van der Waals surface area contributed by atoms with E-state index < -0.39 is 6.09 Å². The largest absolute Gasteiger partial charge is 0.487 e. The zero-order chi connectivity index (χ0) is 21.4. The lowest BCUT2D eigenvalue weighted by atomic mass is 10.1. The Morgan fingerprint density at radius 1 is 1.29 bits per heavy atom. The van der Waals surface area contributed by atoms with Crippen LogP contribution in [0.15, 0.2) is 30.7 Å². The molecule has 3 fully saturated rings. The van der Waals surface area contributed by atoms with E-state index in [1.807, 2.05) is 7.05 Å². The molecule has 1 amide bonds. The Labute approximate surface area is 181 Å². The number of aryl methyl sites for hydroxylation is 1. The molecule has 1 aromatic heterocycles. The zero-order valence-electron chi connectivity index (χ0n) is 17.8. The first-order chi connectivity index (χ1) is 15.1. The molecule has 31 heavy (non-hydrogen) atoms. The number of carbonyl (C=O) groups excluding carboxylic acids is 1. The summed E-state index contributed by atoms with van der Waals surface area (Å²) < 4.78 is 27.5. The standard InChI is InChI=1S/C23H29FN4O3/c1-27-13-22(26-14-27)31-23(29)28(12-19-17-9-25-10-18(17)19)11-15-6-7-20(24)21(8-15)30-16-4-2-3-5-16/h6-8,13-14,16-19,25H,2-5,9-12H2,1H3. The maximum atomic E-state index is 14.3. The van der Waals surface area contributed by atoms with Gasteiger partial charge in [0, 0.05) is 20.1 Å². The Balaban J connectivity index is 1.30. The SMILES string of the molecule is Cn1cnc(OC(=O)N(Cc2ccc(F)c(OC3CCCC3)c2)CC2C3CNCC32)c1. The molecule has 0 radical (unpaired) electrons. The Kier molecular flexibility index (Phi) is 5.56. The molecule has 1 N–H and O–H groups in total. The third kappa shape index (κ3) is 4.54. The molecule has 2 heterocycles. The maximum absolute atomic E-state index is 14.3. The number of benzene rings is 1. The summed E-state index contributed by atoms with van der Waals surface area (Å²) in [6, 6.07) is 4.87. The fourth-order valence-corrected chi connectivity index (χ4v) is 5.01. The van der Waals surface area contributed by atoms with Crippen molar-refractivity contribution in [2.75, 3.05) is 19.6 Å². The van der Waals surface area contributed by atoms with Crippen molar-refractivity contribution in [1.82, 2.24) is 19.8 Å². The molecule has 2 aromatic rings. The number of carbonyl (C=O) groups is 1. The number of rotatable bonds is 7. The van der Waals surface area contributed by atoms with Crippen LogP contribution in [0.3, 0.4) is 0 Å². The Bertz CT molecular complexity index is 933. The minimum absolute atomic E-state index is 0.0771. The summed E-state index contributed by atoms with van der Waals surface area (Å²) in [5, 5.41) is 3.39. The fraction of sp³-hybridized carbons (Fsp3) is 0.565. The van der Waals surface area contributed by atoms with Gasteiger partial charge in [-0.2, -0.15) is 0 Å². The van der Waals surface area contributed by atoms with E-state index in [1.165, 1.54) is 6.07 Å². The molecule has 7 nitrogen and oxygen atoms in total. The topological polar surface area (TPSA) is 68.6 Å². The predicted molar refractivity (Wildman–Crippen MR) is 112 cm³/mol. The summed E-state index contributed by atoms with van der Waals surface area (Å²) in [7, 11) is 1.82. The second-order valence-corrected chi connectivity index (χ2v) is 9.06. The van der Waals surface area contributed by atoms with Gasteiger partial charge in [-0.25, -0.2) is 14.2 Å². The number of amides is 1. The van der Waals surface area contributed by atoms with Gasteiger partial charge in [-0.05, 0) is 74.2 Å². The molecule has 3 aliphatic rings. The summed E-state index contributed by atoms with van der Waals surface area (Å²) in [5.41, 5.74) is 0.830. The van der Waals surface area contributed by atoms with Crippen molar-refractivity contribution in [3.8, 4) is 11.6 Å². The van der Waals surface area contributed by atoms with Crippen LogP contribution in [0.1, 0.15) is 31.2 Å². The molecule has 2 saturated carbocycles. The number of nitrogens with one attached hydrogen (secondary N) is 1. The summed E-state index contributed by atoms with van der Waals surface area (Å²) in [6.07, 6.45) is 7.08. The average Bonchev–Trinajstić information content (AvgIpc) is 3.26. The Hall–Kier alpha value is -2.61. The van der Waals surface area contributed by atoms with Gasteiger partial charge in [0.1, 0.15) is 0 Å². The summed E-state index contributed by atoms with van der Waals surface area (Å²) in [6.45, 7) is 2.98. The first-order valence-electron chi connectivity index (χ1n) is 11.2. The lowest BCUT2D eigenvalue weighted by molar-refractivity contribution is 0.143. The highest BCUT2D eigenvalue weighted by atomic mass is 19.1. The smallest absolute Gasteiger partial charge is 0.416 e. The van der Waals surface area contributed by atoms with Gasteiger partial charge < -0.3 is 24.3 Å². The van der Waals surface area contributed by atoms with E-state index in [9.17, 15) is 9.18 Å². The molecule has 5 rings (SSSR count). The van der Waals surface area contributed by atoms with Gasteiger partial charge in [0.25, 0.3) is 0 Å². The van der Waals surface area contributed by atoms with Crippen LogP contribution in [0.2, 0.25) is 0 Å². The van der Waals surface area contributed by atoms with E-state index in [2.05, 4.69) is 10.3 Å². The van der Waals surface area contributed by atoms with E-state index in [4.69, 9.17) is 9.47 Å². The number of fused-ring (bicyclic) bond motifs is 1. The van der Waals surface area contributed by atoms with Crippen LogP contribution in [-0.2, 0) is 13.6 Å². The van der Waals surface area contributed by atoms with Gasteiger partial charge in [0.05, 0.1) is 18.6 Å². The second kappa shape index (κ2) is 8.49. The zero-order valence-corrected chi connectivity index (χ0v) is 17.8. The van der Waals surface area contributed by atoms with E-state index in [0.717, 1.165) is 44.3 Å². The molecule has 8 heteroatoms. The second-order valence-electron chi connectivity index (χ2n) is 9.06. The van der Waals surface area contributed by atoms with E-state index in [1.54, 1.807) is 34.1 Å². The van der Waals surface area contributed by atoms with Crippen molar-refractivity contribution in [2.45, 2.75) is 38.3 Å². The number of ether oxygens (including phenoxy) is 2. The minimum Gasteiger partial charge on any atom is -0.487 e. The highest BCUT2D eigenvalue weighted by Crippen LogP contribution is 2.49. The normalized spacial score (nSPS) is 24.8. The van der Waals surface area contributed by atoms with E-state index in [0.29, 0.717) is 30.8 Å². The summed E-state index contributed by atoms with van der Waals surface area (Å²) in [5.74, 6) is 1.92. The van der Waals surface area contributed by atoms with Crippen LogP contribution in [0.5, 0.6) is 11.6 Å². The molecule has 1 aromatic carbocycles. The number of hydrogen-bond acceptors (Lipinski definition) is 5. The van der Waals surface area contributed by atoms with E-state index in [-0.39, 0.29) is 23.6 Å². The molecule has 1 saturated heterocycles. The average molecular weight is 429 g/mol. The summed E-state index contributed by atoms with van der Waals surface area (Å²) in [4.78, 5) is 18.8. The molecule has 0 spiro atoms. The van der Waals surface area contributed by atoms with Crippen molar-refractivity contribution in [3.63, 3.8) is 0 Å². The van der Waals surface area contributed by atoms with E-state index >= 15 is 0 Å². The minimum atomic E-state index is -0.431. The third-order valence-electron chi connectivity index (χ3n) is 6.80. The van der Waals surface area contributed by atoms with Crippen molar-refractivity contribution in [1.29, 1.82) is 0 Å². The molecular formula is C23H29FN4O3. The first kappa shape index (κ1) is 20.3. The van der Waals surface area contributed by atoms with Gasteiger partial charge in [-0.15, -0.1) is 0 Å². The lowest BCUT2D eigenvalue weighted by Gasteiger charge is -2.23. The van der Waals surface area contributed by atoms with Gasteiger partial charge in [0.15, 0.2) is 11.6 Å². The number of halogens is 1. The molecule has 0 bridgehead atoms. The van der Waals surface area contributed by atoms with Crippen LogP contribution < -0.4 is 14.8 Å². The fourth-order valence-electron chi connectivity index (χ4n) is 5.01. The predicted octanol–water partition coefficient (Wildman–Crippen LogP) is 3.35. The number of nitrogens with zero attached hydrogens (tertiary/aromatic N) is 3. The Morgan fingerprint density at radius 2 is 2.06 bits per heavy atom. The highest BCUT2D eigenvalue weighted by Gasteiger charge is 2.53. The van der Waals surface area contributed by atoms with Crippen molar-refractivity contribution < 1.29 is 18.7 Å². The molecule has 1 aliphatic heterocycles. The van der Waals surface area contributed by atoms with Crippen LogP contribution in [-0.4, -0.2) is 46.3 Å². The van der Waals surface area contributed by atoms with Gasteiger partial charge in [-0.3, -0.25) is 0 Å². The molecule has 166 valence electrons. The molecular weight excluding hydrogens is 399 g/mol. The molecule has 2 aliphatic carbocycles. The van der Waals surface area contributed by atoms with Crippen LogP contribution in [0.4, 0.5) is 9.18 Å². The monoisotopic (exact) mass is 428 g/mol. The maximum Gasteiger partial charge on any atom is 0.416 e. The van der Waals surface area contributed by atoms with Crippen LogP contribution >= 0.6 is 0 Å². The molecule has 2 atom stereocenters. The Morgan fingerprint density at radius 3 is 2.77 bits per heavy atom. The quantitative estimate of drug-likeness (QED) is 0.733. The van der Waals surface area contributed by atoms with Crippen molar-refractivity contribution >= 4 is 6.09 Å². The first-order valence-corrected chi connectivity index (χ1v) is 11.2. The van der Waals surface area contributed by atoms with Gasteiger partial charge in [-0.1, -0.05) is 6.07 Å². The highest BCUT2D eigenvalue weighted by molar-refractivity contribution is 5.70. The van der Waals surface area contributed by atoms with Gasteiger partial charge in [0.2, 0.25) is 5.88 Å². The number of aromatic nitrogens is 2. The molecule has 2 unspecified atom stereocenters. The lowest BCUT2D eigenvalue weighted by Crippen LogP contribution is -2.36. The van der Waals surface area contributed by atoms with Crippen molar-refractivity contribution in [3.05, 3.63) is 42.1 Å². The number of piperidine rings is 1. The van der Waals surface area contributed by atoms with Crippen molar-refractivity contribution in [2.24, 2.45) is 24.8 Å². The number of imidazole rings is 1. The van der Waals surface area contributed by atoms with Crippen LogP contribution in [0.25, 0.3) is 0 Å². The number of hydrogen-bond donors (Lipinski definition) is 1. The summed E-state index contributed by atoms with van der Waals surface area (Å²) >= 11 is 0. The van der Waals surface area contributed by atoms with Gasteiger partial charge >= 0.3 is 6.09 Å². The van der Waals surface area contributed by atoms with Crippen LogP contribution in [0, 0.1) is 23.6 Å².